The summed E-state index contributed by atoms with van der Waals surface area (Å²) < 4.78 is 0. The maximum Gasteiger partial charge on any atom is 0.336 e. The van der Waals surface area contributed by atoms with Crippen LogP contribution in [0, 0.1) is 0 Å². The zero-order valence-electron chi connectivity index (χ0n) is 21.0. The van der Waals surface area contributed by atoms with Gasteiger partial charge in [0.15, 0.2) is 5.60 Å². The van der Waals surface area contributed by atoms with Gasteiger partial charge in [0.25, 0.3) is 5.91 Å². The van der Waals surface area contributed by atoms with Gasteiger partial charge in [0.1, 0.15) is 5.75 Å². The zero-order valence-corrected chi connectivity index (χ0v) is 21.0. The lowest BCUT2D eigenvalue weighted by Gasteiger charge is -2.18. The normalized spacial score (nSPS) is 12.7. The number of aliphatic hydroxyl groups is 2. The maximum atomic E-state index is 11.3. The second-order valence-electron chi connectivity index (χ2n) is 9.01. The minimum Gasteiger partial charge on any atom is -0.507 e. The average Bonchev–Trinajstić information content (AvgIpc) is 3.24. The van der Waals surface area contributed by atoms with E-state index in [-0.39, 0.29) is 17.4 Å². The molecule has 2 atom stereocenters. The standard InChI is InChI=1S/C20H23N3O3.C6H8O7/c1-12(8-14-10-23-17-5-3-2-4-15(14)17)22-11-19(25)13-6-7-18(24)16(9-13)20(21)26;7-3(8)1-6(13,5(11)12)2-4(9)10/h2-7,9-10,12,19,22-25H,8,11H2,1H3,(H2,21,26);13H,1-2H2,(H,7,8)(H,9,10)(H,11,12). The lowest BCUT2D eigenvalue weighted by Crippen LogP contribution is -2.42. The number of carboxylic acids is 3. The van der Waals surface area contributed by atoms with E-state index in [1.54, 1.807) is 6.07 Å². The Morgan fingerprint density at radius 3 is 2.21 bits per heavy atom. The Balaban J connectivity index is 0.000000349. The summed E-state index contributed by atoms with van der Waals surface area (Å²) in [4.78, 5) is 45.1. The number of hydrogen-bond acceptors (Lipinski definition) is 8. The molecule has 0 aliphatic heterocycles. The fourth-order valence-electron chi connectivity index (χ4n) is 3.81. The summed E-state index contributed by atoms with van der Waals surface area (Å²) in [5.74, 6) is -5.93. The van der Waals surface area contributed by atoms with E-state index in [1.807, 2.05) is 24.4 Å². The molecule has 0 radical (unpaired) electrons. The highest BCUT2D eigenvalue weighted by Gasteiger charge is 2.40. The molecule has 10 N–H and O–H groups in total. The van der Waals surface area contributed by atoms with Crippen LogP contribution in [-0.2, 0) is 20.8 Å². The second kappa shape index (κ2) is 13.4. The van der Waals surface area contributed by atoms with Crippen molar-refractivity contribution in [2.45, 2.75) is 43.9 Å². The van der Waals surface area contributed by atoms with Crippen LogP contribution in [-0.4, -0.2) is 77.6 Å². The molecule has 13 heteroatoms. The number of para-hydroxylation sites is 1. The molecule has 0 saturated carbocycles. The number of H-pyrrole nitrogens is 1. The highest BCUT2D eigenvalue weighted by atomic mass is 16.4. The fraction of sp³-hybridized carbons (Fsp3) is 0.308. The van der Waals surface area contributed by atoms with E-state index in [0.29, 0.717) is 12.1 Å². The average molecular weight is 546 g/mol. The summed E-state index contributed by atoms with van der Waals surface area (Å²) >= 11 is 0. The highest BCUT2D eigenvalue weighted by molar-refractivity contribution is 5.95. The van der Waals surface area contributed by atoms with Gasteiger partial charge in [0, 0.05) is 29.7 Å². The molecule has 39 heavy (non-hydrogen) atoms. The molecular weight excluding hydrogens is 514 g/mol. The van der Waals surface area contributed by atoms with Gasteiger partial charge in [-0.05, 0) is 42.7 Å². The number of carbonyl (C=O) groups excluding carboxylic acids is 1. The Morgan fingerprint density at radius 1 is 1.03 bits per heavy atom. The van der Waals surface area contributed by atoms with Gasteiger partial charge in [0.2, 0.25) is 0 Å². The summed E-state index contributed by atoms with van der Waals surface area (Å²) in [6.07, 6.45) is -0.264. The van der Waals surface area contributed by atoms with Crippen LogP contribution in [0.3, 0.4) is 0 Å². The molecule has 1 aromatic heterocycles. The second-order valence-corrected chi connectivity index (χ2v) is 9.01. The van der Waals surface area contributed by atoms with E-state index in [2.05, 4.69) is 23.3 Å². The van der Waals surface area contributed by atoms with E-state index in [9.17, 15) is 29.4 Å². The number of aromatic amines is 1. The van der Waals surface area contributed by atoms with Gasteiger partial charge in [-0.2, -0.15) is 0 Å². The van der Waals surface area contributed by atoms with Crippen LogP contribution in [0.5, 0.6) is 5.75 Å². The van der Waals surface area contributed by atoms with Gasteiger partial charge in [0.05, 0.1) is 24.5 Å². The Morgan fingerprint density at radius 2 is 1.64 bits per heavy atom. The molecule has 210 valence electrons. The summed E-state index contributed by atoms with van der Waals surface area (Å²) in [6.45, 7) is 2.38. The number of hydrogen-bond donors (Lipinski definition) is 9. The van der Waals surface area contributed by atoms with Crippen LogP contribution in [0.4, 0.5) is 0 Å². The maximum absolute atomic E-state index is 11.3. The molecule has 0 aliphatic rings. The van der Waals surface area contributed by atoms with Crippen molar-refractivity contribution in [2.75, 3.05) is 6.54 Å². The van der Waals surface area contributed by atoms with E-state index < -0.39 is 48.4 Å². The Bertz CT molecular complexity index is 1320. The number of aromatic hydroxyl groups is 1. The van der Waals surface area contributed by atoms with Crippen molar-refractivity contribution < 1.29 is 49.8 Å². The van der Waals surface area contributed by atoms with Crippen LogP contribution in [0.2, 0.25) is 0 Å². The molecule has 0 aliphatic carbocycles. The van der Waals surface area contributed by atoms with Crippen LogP contribution >= 0.6 is 0 Å². The van der Waals surface area contributed by atoms with Crippen LogP contribution in [0.1, 0.15) is 47.4 Å². The number of primary amides is 1. The van der Waals surface area contributed by atoms with Crippen molar-refractivity contribution in [2.24, 2.45) is 5.73 Å². The third kappa shape index (κ3) is 8.81. The Labute approximate surface area is 222 Å². The number of aliphatic hydroxyl groups excluding tert-OH is 1. The number of phenols is 1. The molecule has 2 aromatic carbocycles. The van der Waals surface area contributed by atoms with Gasteiger partial charge in [-0.15, -0.1) is 0 Å². The monoisotopic (exact) mass is 545 g/mol. The lowest BCUT2D eigenvalue weighted by molar-refractivity contribution is -0.170. The SMILES string of the molecule is CC(Cc1c[nH]c2ccccc12)NCC(O)c1ccc(O)c(C(N)=O)c1.O=C(O)CC(O)(CC(=O)O)C(=O)O. The van der Waals surface area contributed by atoms with Crippen molar-refractivity contribution in [3.8, 4) is 5.75 Å². The lowest BCUT2D eigenvalue weighted by atomic mass is 9.96. The smallest absolute Gasteiger partial charge is 0.336 e. The first-order chi connectivity index (χ1) is 18.2. The zero-order chi connectivity index (χ0) is 29.3. The number of nitrogens with two attached hydrogens (primary N) is 1. The highest BCUT2D eigenvalue weighted by Crippen LogP contribution is 2.23. The number of carboxylic acid groups (broad SMARTS) is 3. The Kier molecular flexibility index (Phi) is 10.5. The predicted octanol–water partition coefficient (Wildman–Crippen LogP) is 0.978. The van der Waals surface area contributed by atoms with E-state index >= 15 is 0 Å². The summed E-state index contributed by atoms with van der Waals surface area (Å²) in [5, 5.41) is 58.3. The Hall–Kier alpha value is -4.46. The van der Waals surface area contributed by atoms with Crippen molar-refractivity contribution in [3.05, 3.63) is 65.4 Å². The number of benzene rings is 2. The number of rotatable bonds is 12. The minimum absolute atomic E-state index is 0.00777. The van der Waals surface area contributed by atoms with Gasteiger partial charge in [-0.1, -0.05) is 24.3 Å². The number of fused-ring (bicyclic) bond motifs is 1. The summed E-state index contributed by atoms with van der Waals surface area (Å²) in [5.41, 5.74) is 5.36. The molecule has 1 amide bonds. The quantitative estimate of drug-likeness (QED) is 0.155. The molecule has 1 heterocycles. The predicted molar refractivity (Wildman–Crippen MR) is 138 cm³/mol. The number of nitrogens with one attached hydrogen (secondary N) is 2. The third-order valence-electron chi connectivity index (χ3n) is 5.82. The van der Waals surface area contributed by atoms with Crippen molar-refractivity contribution in [1.82, 2.24) is 10.3 Å². The molecule has 3 aromatic rings. The van der Waals surface area contributed by atoms with Gasteiger partial charge in [-0.25, -0.2) is 4.79 Å². The first-order valence-corrected chi connectivity index (χ1v) is 11.7. The molecule has 2 unspecified atom stereocenters. The summed E-state index contributed by atoms with van der Waals surface area (Å²) in [6, 6.07) is 12.7. The number of amides is 1. The molecule has 3 rings (SSSR count). The molecule has 0 saturated heterocycles. The third-order valence-corrected chi connectivity index (χ3v) is 5.82. The first kappa shape index (κ1) is 30.8. The number of aromatic nitrogens is 1. The van der Waals surface area contributed by atoms with Crippen molar-refractivity contribution in [3.63, 3.8) is 0 Å². The van der Waals surface area contributed by atoms with Gasteiger partial charge in [-0.3, -0.25) is 14.4 Å². The molecule has 13 nitrogen and oxygen atoms in total. The van der Waals surface area contributed by atoms with Crippen molar-refractivity contribution in [1.29, 1.82) is 0 Å². The summed E-state index contributed by atoms with van der Waals surface area (Å²) in [7, 11) is 0. The van der Waals surface area contributed by atoms with Crippen LogP contribution < -0.4 is 11.1 Å². The first-order valence-electron chi connectivity index (χ1n) is 11.7. The molecular formula is C26H31N3O10. The number of aliphatic carboxylic acids is 3. The van der Waals surface area contributed by atoms with E-state index in [0.717, 1.165) is 11.9 Å². The molecule has 0 fully saturated rings. The van der Waals surface area contributed by atoms with E-state index in [1.165, 1.54) is 23.1 Å². The molecule has 0 spiro atoms. The van der Waals surface area contributed by atoms with Crippen LogP contribution in [0.15, 0.2) is 48.7 Å². The van der Waals surface area contributed by atoms with Gasteiger partial charge < -0.3 is 46.7 Å². The van der Waals surface area contributed by atoms with E-state index in [4.69, 9.17) is 26.2 Å². The molecule has 0 bridgehead atoms. The fourth-order valence-corrected chi connectivity index (χ4v) is 3.81. The van der Waals surface area contributed by atoms with Gasteiger partial charge >= 0.3 is 17.9 Å². The topological polar surface area (TPSA) is 243 Å². The number of carbonyl (C=O) groups is 4. The van der Waals surface area contributed by atoms with Crippen LogP contribution in [0.25, 0.3) is 10.9 Å². The van der Waals surface area contributed by atoms with Crippen molar-refractivity contribution >= 4 is 34.7 Å². The largest absolute Gasteiger partial charge is 0.507 e. The minimum atomic E-state index is -2.74.